The lowest BCUT2D eigenvalue weighted by atomic mass is 9.80. The first kappa shape index (κ1) is 20.4. The van der Waals surface area contributed by atoms with Crippen molar-refractivity contribution in [1.29, 1.82) is 0 Å². The maximum atomic E-state index is 13.3. The Labute approximate surface area is 169 Å². The molecule has 1 heterocycles. The van der Waals surface area contributed by atoms with Crippen molar-refractivity contribution >= 4 is 35.2 Å². The maximum absolute atomic E-state index is 13.3. The van der Waals surface area contributed by atoms with Gasteiger partial charge in [-0.3, -0.25) is 4.79 Å². The van der Waals surface area contributed by atoms with Crippen molar-refractivity contribution in [3.05, 3.63) is 33.8 Å². The monoisotopic (exact) mass is 413 g/mol. The van der Waals surface area contributed by atoms with Gasteiger partial charge >= 0.3 is 6.09 Å². The van der Waals surface area contributed by atoms with E-state index < -0.39 is 17.1 Å². The molecular formula is C20H25Cl2NO4. The van der Waals surface area contributed by atoms with E-state index in [0.717, 1.165) is 5.56 Å². The molecule has 1 aliphatic heterocycles. The van der Waals surface area contributed by atoms with E-state index in [-0.39, 0.29) is 17.9 Å². The Kier molecular flexibility index (Phi) is 5.26. The van der Waals surface area contributed by atoms with Gasteiger partial charge in [-0.25, -0.2) is 9.69 Å². The number of carbonyl (C=O) groups excluding carboxylic acids is 2. The van der Waals surface area contributed by atoms with Crippen LogP contribution in [0.5, 0.6) is 0 Å². The van der Waals surface area contributed by atoms with Gasteiger partial charge in [0, 0.05) is 18.6 Å². The van der Waals surface area contributed by atoms with E-state index in [2.05, 4.69) is 0 Å². The van der Waals surface area contributed by atoms with Gasteiger partial charge in [-0.05, 0) is 58.2 Å². The first-order chi connectivity index (χ1) is 12.6. The van der Waals surface area contributed by atoms with Gasteiger partial charge in [-0.2, -0.15) is 0 Å². The molecule has 3 rings (SSSR count). The number of piperidine rings is 1. The highest BCUT2D eigenvalue weighted by atomic mass is 35.5. The molecule has 0 bridgehead atoms. The summed E-state index contributed by atoms with van der Waals surface area (Å²) in [6.07, 6.45) is 0.664. The minimum absolute atomic E-state index is 0.234. The molecule has 2 atom stereocenters. The largest absolute Gasteiger partial charge is 0.443 e. The molecule has 7 heteroatoms. The van der Waals surface area contributed by atoms with E-state index in [0.29, 0.717) is 36.0 Å². The van der Waals surface area contributed by atoms with Gasteiger partial charge < -0.3 is 9.47 Å². The molecule has 0 radical (unpaired) electrons. The molecule has 2 amide bonds. The molecule has 0 spiro atoms. The van der Waals surface area contributed by atoms with Crippen LogP contribution in [0.2, 0.25) is 10.0 Å². The van der Waals surface area contributed by atoms with Crippen LogP contribution in [-0.4, -0.2) is 42.3 Å². The second kappa shape index (κ2) is 6.94. The molecule has 1 saturated carbocycles. The number of hydrogen-bond donors (Lipinski definition) is 0. The summed E-state index contributed by atoms with van der Waals surface area (Å²) in [6.45, 7) is 8.31. The Morgan fingerprint density at radius 2 is 1.96 bits per heavy atom. The summed E-state index contributed by atoms with van der Waals surface area (Å²) >= 11 is 12.3. The first-order valence-corrected chi connectivity index (χ1v) is 9.90. The molecule has 2 aliphatic rings. The van der Waals surface area contributed by atoms with E-state index in [9.17, 15) is 9.59 Å². The quantitative estimate of drug-likeness (QED) is 0.709. The number of halogens is 2. The summed E-state index contributed by atoms with van der Waals surface area (Å²) in [6, 6.07) is 5.49. The van der Waals surface area contributed by atoms with Crippen molar-refractivity contribution in [2.45, 2.75) is 51.6 Å². The summed E-state index contributed by atoms with van der Waals surface area (Å²) in [5, 5.41) is 0.938. The lowest BCUT2D eigenvalue weighted by Crippen LogP contribution is -2.52. The Morgan fingerprint density at radius 3 is 2.56 bits per heavy atom. The molecule has 1 aromatic rings. The second-order valence-electron chi connectivity index (χ2n) is 8.29. The number of hydrogen-bond acceptors (Lipinski definition) is 4. The zero-order valence-electron chi connectivity index (χ0n) is 16.1. The van der Waals surface area contributed by atoms with Crippen LogP contribution in [0.1, 0.15) is 46.1 Å². The van der Waals surface area contributed by atoms with Crippen LogP contribution in [0.4, 0.5) is 4.79 Å². The summed E-state index contributed by atoms with van der Waals surface area (Å²) in [4.78, 5) is 27.1. The third-order valence-corrected chi connectivity index (χ3v) is 6.19. The normalized spacial score (nSPS) is 27.3. The number of ether oxygens (including phenoxy) is 2. The Morgan fingerprint density at radius 1 is 1.26 bits per heavy atom. The van der Waals surface area contributed by atoms with Gasteiger partial charge in [0.15, 0.2) is 0 Å². The molecule has 5 nitrogen and oxygen atoms in total. The van der Waals surface area contributed by atoms with Crippen LogP contribution in [0, 0.1) is 5.41 Å². The molecule has 0 aromatic heterocycles. The van der Waals surface area contributed by atoms with Crippen molar-refractivity contribution in [3.63, 3.8) is 0 Å². The van der Waals surface area contributed by atoms with Crippen LogP contribution >= 0.6 is 23.2 Å². The number of carbonyl (C=O) groups is 2. The van der Waals surface area contributed by atoms with Crippen LogP contribution in [0.15, 0.2) is 18.2 Å². The number of imide groups is 1. The SMILES string of the molecule is CCOC[C@]12C[C@@]1(c1ccc(Cl)c(Cl)c1)CCN(C(=O)OC(C)(C)C)C2=O. The molecule has 27 heavy (non-hydrogen) atoms. The van der Waals surface area contributed by atoms with Crippen molar-refractivity contribution in [2.75, 3.05) is 19.8 Å². The summed E-state index contributed by atoms with van der Waals surface area (Å²) < 4.78 is 11.1. The second-order valence-corrected chi connectivity index (χ2v) is 9.11. The molecule has 2 fully saturated rings. The minimum Gasteiger partial charge on any atom is -0.443 e. The van der Waals surface area contributed by atoms with Gasteiger partial charge in [0.05, 0.1) is 22.1 Å². The van der Waals surface area contributed by atoms with Crippen molar-refractivity contribution < 1.29 is 19.1 Å². The minimum atomic E-state index is -0.769. The van der Waals surface area contributed by atoms with E-state index >= 15 is 0 Å². The highest BCUT2D eigenvalue weighted by molar-refractivity contribution is 6.42. The number of fused-ring (bicyclic) bond motifs is 1. The fourth-order valence-electron chi connectivity index (χ4n) is 4.08. The lowest BCUT2D eigenvalue weighted by molar-refractivity contribution is -0.142. The van der Waals surface area contributed by atoms with Crippen LogP contribution in [-0.2, 0) is 19.7 Å². The summed E-state index contributed by atoms with van der Waals surface area (Å²) in [5.74, 6) is -0.234. The topological polar surface area (TPSA) is 55.8 Å². The summed E-state index contributed by atoms with van der Waals surface area (Å²) in [5.41, 5.74) is -0.845. The van der Waals surface area contributed by atoms with Gasteiger partial charge in [-0.15, -0.1) is 0 Å². The van der Waals surface area contributed by atoms with Crippen molar-refractivity contribution in [2.24, 2.45) is 5.41 Å². The third-order valence-electron chi connectivity index (χ3n) is 5.45. The first-order valence-electron chi connectivity index (χ1n) is 9.14. The summed E-state index contributed by atoms with van der Waals surface area (Å²) in [7, 11) is 0. The number of benzene rings is 1. The zero-order chi connectivity index (χ0) is 20.0. The fourth-order valence-corrected chi connectivity index (χ4v) is 4.37. The maximum Gasteiger partial charge on any atom is 0.417 e. The molecule has 0 N–H and O–H groups in total. The molecule has 148 valence electrons. The van der Waals surface area contributed by atoms with Crippen molar-refractivity contribution in [3.8, 4) is 0 Å². The smallest absolute Gasteiger partial charge is 0.417 e. The van der Waals surface area contributed by atoms with Gasteiger partial charge in [0.2, 0.25) is 5.91 Å². The van der Waals surface area contributed by atoms with Crippen LogP contribution < -0.4 is 0 Å². The van der Waals surface area contributed by atoms with E-state index in [1.807, 2.05) is 19.1 Å². The van der Waals surface area contributed by atoms with Crippen molar-refractivity contribution in [1.82, 2.24) is 4.90 Å². The lowest BCUT2D eigenvalue weighted by Gasteiger charge is -2.37. The number of rotatable bonds is 4. The number of nitrogens with zero attached hydrogens (tertiary/aromatic N) is 1. The average Bonchev–Trinajstić information content (AvgIpc) is 3.26. The van der Waals surface area contributed by atoms with E-state index in [4.69, 9.17) is 32.7 Å². The zero-order valence-corrected chi connectivity index (χ0v) is 17.6. The van der Waals surface area contributed by atoms with E-state index in [1.54, 1.807) is 26.8 Å². The Bertz CT molecular complexity index is 776. The average molecular weight is 414 g/mol. The fraction of sp³-hybridized carbons (Fsp3) is 0.600. The predicted molar refractivity (Wildman–Crippen MR) is 104 cm³/mol. The standard InChI is InChI=1S/C20H25Cl2NO4/c1-5-26-12-20-11-19(20,13-6-7-14(21)15(22)10-13)8-9-23(16(20)24)17(25)27-18(2,3)4/h6-7,10H,5,8-9,11-12H2,1-4H3/t19-,20+/m1/s1. The highest BCUT2D eigenvalue weighted by Crippen LogP contribution is 2.69. The molecule has 0 unspecified atom stereocenters. The Balaban J connectivity index is 1.93. The van der Waals surface area contributed by atoms with Crippen LogP contribution in [0.3, 0.4) is 0 Å². The number of likely N-dealkylation sites (tertiary alicyclic amines) is 1. The molecule has 1 aliphatic carbocycles. The number of amides is 2. The van der Waals surface area contributed by atoms with Gasteiger partial charge in [0.1, 0.15) is 5.60 Å². The van der Waals surface area contributed by atoms with E-state index in [1.165, 1.54) is 4.90 Å². The predicted octanol–water partition coefficient (Wildman–Crippen LogP) is 4.83. The van der Waals surface area contributed by atoms with Gasteiger partial charge in [-0.1, -0.05) is 29.3 Å². The highest BCUT2D eigenvalue weighted by Gasteiger charge is 2.75. The molecular weight excluding hydrogens is 389 g/mol. The Hall–Kier alpha value is -1.30. The van der Waals surface area contributed by atoms with Crippen LogP contribution in [0.25, 0.3) is 0 Å². The third kappa shape index (κ3) is 3.45. The molecule has 1 saturated heterocycles. The van der Waals surface area contributed by atoms with Gasteiger partial charge in [0.25, 0.3) is 0 Å². The molecule has 1 aromatic carbocycles.